The van der Waals surface area contributed by atoms with Crippen molar-refractivity contribution in [1.29, 1.82) is 0 Å². The van der Waals surface area contributed by atoms with E-state index in [1.54, 1.807) is 0 Å². The lowest BCUT2D eigenvalue weighted by atomic mass is 10.3. The van der Waals surface area contributed by atoms with Gasteiger partial charge in [-0.2, -0.15) is 0 Å². The summed E-state index contributed by atoms with van der Waals surface area (Å²) in [6.07, 6.45) is 1.73. The number of ether oxygens (including phenoxy) is 1. The summed E-state index contributed by atoms with van der Waals surface area (Å²) in [4.78, 5) is 12.2. The molecule has 0 aliphatic heterocycles. The van der Waals surface area contributed by atoms with Crippen LogP contribution in [0.15, 0.2) is 6.07 Å². The first-order chi connectivity index (χ1) is 6.69. The Morgan fingerprint density at radius 3 is 2.79 bits per heavy atom. The Morgan fingerprint density at radius 1 is 1.57 bits per heavy atom. The monoisotopic (exact) mass is 214 g/mol. The number of aryl methyl sites for hydroxylation is 1. The Kier molecular flexibility index (Phi) is 3.95. The fourth-order valence-corrected chi connectivity index (χ4v) is 1.94. The summed E-state index contributed by atoms with van der Waals surface area (Å²) in [6.45, 7) is 4.56. The van der Waals surface area contributed by atoms with Crippen molar-refractivity contribution in [3.8, 4) is 5.75 Å². The Labute approximate surface area is 87.3 Å². The molecule has 0 atom stereocenters. The van der Waals surface area contributed by atoms with Crippen LogP contribution in [-0.2, 0) is 6.42 Å². The number of hydrogen-bond donors (Lipinski definition) is 1. The summed E-state index contributed by atoms with van der Waals surface area (Å²) in [5.41, 5.74) is 0. The number of thiophene rings is 1. The summed E-state index contributed by atoms with van der Waals surface area (Å²) in [5, 5.41) is 8.90. The van der Waals surface area contributed by atoms with E-state index in [-0.39, 0.29) is 0 Å². The molecule has 3 nitrogen and oxygen atoms in total. The van der Waals surface area contributed by atoms with E-state index in [1.807, 2.05) is 19.9 Å². The van der Waals surface area contributed by atoms with E-state index in [0.29, 0.717) is 17.2 Å². The summed E-state index contributed by atoms with van der Waals surface area (Å²) >= 11 is 1.29. The number of carbonyl (C=O) groups is 1. The van der Waals surface area contributed by atoms with Crippen molar-refractivity contribution < 1.29 is 14.6 Å². The molecule has 14 heavy (non-hydrogen) atoms. The van der Waals surface area contributed by atoms with Gasteiger partial charge in [0.2, 0.25) is 0 Å². The highest BCUT2D eigenvalue weighted by molar-refractivity contribution is 7.14. The third-order valence-corrected chi connectivity index (χ3v) is 3.00. The molecule has 0 bridgehead atoms. The number of hydrogen-bond acceptors (Lipinski definition) is 3. The van der Waals surface area contributed by atoms with Gasteiger partial charge in [0.15, 0.2) is 4.88 Å². The Bertz CT molecular complexity index is 317. The van der Waals surface area contributed by atoms with Crippen LogP contribution in [0.2, 0.25) is 0 Å². The van der Waals surface area contributed by atoms with Gasteiger partial charge in [-0.1, -0.05) is 13.8 Å². The van der Waals surface area contributed by atoms with Crippen molar-refractivity contribution in [3.05, 3.63) is 15.8 Å². The topological polar surface area (TPSA) is 46.5 Å². The van der Waals surface area contributed by atoms with Crippen LogP contribution in [0.1, 0.15) is 34.8 Å². The number of aromatic carboxylic acids is 1. The lowest BCUT2D eigenvalue weighted by Gasteiger charge is -2.01. The molecule has 1 rings (SSSR count). The van der Waals surface area contributed by atoms with Crippen molar-refractivity contribution in [1.82, 2.24) is 0 Å². The van der Waals surface area contributed by atoms with Gasteiger partial charge in [0.25, 0.3) is 0 Å². The van der Waals surface area contributed by atoms with E-state index in [2.05, 4.69) is 0 Å². The largest absolute Gasteiger partial charge is 0.492 e. The van der Waals surface area contributed by atoms with Gasteiger partial charge < -0.3 is 9.84 Å². The standard InChI is InChI=1S/C10H14O3S/c1-3-5-13-8-6-7(4-2)14-9(8)10(11)12/h6H,3-5H2,1-2H3,(H,11,12). The van der Waals surface area contributed by atoms with E-state index in [4.69, 9.17) is 9.84 Å². The average Bonchev–Trinajstić information content (AvgIpc) is 2.58. The van der Waals surface area contributed by atoms with Crippen LogP contribution in [0.25, 0.3) is 0 Å². The predicted molar refractivity (Wildman–Crippen MR) is 56.4 cm³/mol. The number of rotatable bonds is 5. The van der Waals surface area contributed by atoms with Crippen molar-refractivity contribution in [2.75, 3.05) is 6.61 Å². The lowest BCUT2D eigenvalue weighted by molar-refractivity contribution is 0.0698. The summed E-state index contributed by atoms with van der Waals surface area (Å²) in [5.74, 6) is -0.387. The molecule has 78 valence electrons. The van der Waals surface area contributed by atoms with Crippen molar-refractivity contribution >= 4 is 17.3 Å². The molecular formula is C10H14O3S. The highest BCUT2D eigenvalue weighted by Crippen LogP contribution is 2.29. The third kappa shape index (κ3) is 2.48. The van der Waals surface area contributed by atoms with Crippen LogP contribution in [0, 0.1) is 0 Å². The van der Waals surface area contributed by atoms with Gasteiger partial charge >= 0.3 is 5.97 Å². The molecular weight excluding hydrogens is 200 g/mol. The first kappa shape index (κ1) is 11.0. The molecule has 1 aromatic rings. The van der Waals surface area contributed by atoms with E-state index in [0.717, 1.165) is 17.7 Å². The second-order valence-corrected chi connectivity index (χ2v) is 4.05. The summed E-state index contributed by atoms with van der Waals surface area (Å²) in [7, 11) is 0. The van der Waals surface area contributed by atoms with Gasteiger partial charge in [-0.05, 0) is 18.9 Å². The van der Waals surface area contributed by atoms with E-state index < -0.39 is 5.97 Å². The maximum absolute atomic E-state index is 10.8. The fourth-order valence-electron chi connectivity index (χ4n) is 1.07. The van der Waals surface area contributed by atoms with Crippen molar-refractivity contribution in [2.24, 2.45) is 0 Å². The van der Waals surface area contributed by atoms with Crippen LogP contribution in [0.4, 0.5) is 0 Å². The maximum atomic E-state index is 10.8. The van der Waals surface area contributed by atoms with Gasteiger partial charge in [-0.25, -0.2) is 4.79 Å². The zero-order chi connectivity index (χ0) is 10.6. The zero-order valence-corrected chi connectivity index (χ0v) is 9.19. The normalized spacial score (nSPS) is 10.1. The van der Waals surface area contributed by atoms with Gasteiger partial charge in [0.1, 0.15) is 5.75 Å². The van der Waals surface area contributed by atoms with Crippen LogP contribution >= 0.6 is 11.3 Å². The summed E-state index contributed by atoms with van der Waals surface area (Å²) in [6, 6.07) is 1.82. The van der Waals surface area contributed by atoms with Crippen LogP contribution in [0.3, 0.4) is 0 Å². The molecule has 1 heterocycles. The molecule has 0 saturated heterocycles. The average molecular weight is 214 g/mol. The van der Waals surface area contributed by atoms with E-state index in [9.17, 15) is 4.79 Å². The van der Waals surface area contributed by atoms with Crippen molar-refractivity contribution in [3.63, 3.8) is 0 Å². The Hall–Kier alpha value is -1.03. The molecule has 0 spiro atoms. The minimum absolute atomic E-state index is 0.315. The first-order valence-electron chi connectivity index (χ1n) is 4.67. The number of carboxylic acid groups (broad SMARTS) is 1. The molecule has 1 N–H and O–H groups in total. The first-order valence-corrected chi connectivity index (χ1v) is 5.49. The fraction of sp³-hybridized carbons (Fsp3) is 0.500. The molecule has 0 radical (unpaired) electrons. The van der Waals surface area contributed by atoms with Crippen LogP contribution in [-0.4, -0.2) is 17.7 Å². The SMILES string of the molecule is CCCOc1cc(CC)sc1C(=O)O. The molecule has 0 aromatic carbocycles. The highest BCUT2D eigenvalue weighted by Gasteiger charge is 2.15. The van der Waals surface area contributed by atoms with E-state index in [1.165, 1.54) is 11.3 Å². The van der Waals surface area contributed by atoms with Crippen molar-refractivity contribution in [2.45, 2.75) is 26.7 Å². The lowest BCUT2D eigenvalue weighted by Crippen LogP contribution is -2.00. The molecule has 0 aliphatic carbocycles. The van der Waals surface area contributed by atoms with Gasteiger partial charge in [-0.3, -0.25) is 0 Å². The Balaban J connectivity index is 2.88. The molecule has 0 unspecified atom stereocenters. The van der Waals surface area contributed by atoms with Crippen LogP contribution < -0.4 is 4.74 Å². The summed E-state index contributed by atoms with van der Waals surface area (Å²) < 4.78 is 5.36. The van der Waals surface area contributed by atoms with Gasteiger partial charge in [0.05, 0.1) is 6.61 Å². The van der Waals surface area contributed by atoms with Gasteiger partial charge in [-0.15, -0.1) is 11.3 Å². The second kappa shape index (κ2) is 5.00. The smallest absolute Gasteiger partial charge is 0.349 e. The zero-order valence-electron chi connectivity index (χ0n) is 8.37. The predicted octanol–water partition coefficient (Wildman–Crippen LogP) is 2.80. The third-order valence-electron chi connectivity index (χ3n) is 1.75. The number of carboxylic acids is 1. The second-order valence-electron chi connectivity index (χ2n) is 2.91. The Morgan fingerprint density at radius 2 is 2.29 bits per heavy atom. The van der Waals surface area contributed by atoms with Crippen LogP contribution in [0.5, 0.6) is 5.75 Å². The van der Waals surface area contributed by atoms with Gasteiger partial charge in [0, 0.05) is 4.88 Å². The molecule has 1 aromatic heterocycles. The molecule has 0 amide bonds. The van der Waals surface area contributed by atoms with E-state index >= 15 is 0 Å². The maximum Gasteiger partial charge on any atom is 0.349 e. The molecule has 0 aliphatic rings. The minimum atomic E-state index is -0.902. The highest BCUT2D eigenvalue weighted by atomic mass is 32.1. The molecule has 0 saturated carbocycles. The quantitative estimate of drug-likeness (QED) is 0.819. The molecule has 0 fully saturated rings. The molecule has 4 heteroatoms. The minimum Gasteiger partial charge on any atom is -0.492 e.